The second-order valence-corrected chi connectivity index (χ2v) is 5.34. The van der Waals surface area contributed by atoms with Gasteiger partial charge >= 0.3 is 12.0 Å². The van der Waals surface area contributed by atoms with Crippen LogP contribution in [0.15, 0.2) is 0 Å². The second kappa shape index (κ2) is 6.61. The molecule has 0 aromatic rings. The molecule has 0 aromatic carbocycles. The molecule has 5 nitrogen and oxygen atoms in total. The van der Waals surface area contributed by atoms with Gasteiger partial charge in [-0.2, -0.15) is 0 Å². The molecule has 5 heteroatoms. The summed E-state index contributed by atoms with van der Waals surface area (Å²) < 4.78 is 0. The average Bonchev–Trinajstić information content (AvgIpc) is 2.23. The van der Waals surface area contributed by atoms with Crippen LogP contribution in [-0.4, -0.2) is 41.1 Å². The maximum absolute atomic E-state index is 12.0. The van der Waals surface area contributed by atoms with E-state index in [2.05, 4.69) is 5.32 Å². The molecule has 104 valence electrons. The number of amides is 2. The molecular weight excluding hydrogens is 232 g/mol. The third kappa shape index (κ3) is 3.89. The van der Waals surface area contributed by atoms with Crippen LogP contribution in [0.25, 0.3) is 0 Å². The Balaban J connectivity index is 2.51. The highest BCUT2D eigenvalue weighted by molar-refractivity contribution is 5.82. The van der Waals surface area contributed by atoms with Crippen LogP contribution in [0.4, 0.5) is 4.79 Å². The summed E-state index contributed by atoms with van der Waals surface area (Å²) in [4.78, 5) is 24.8. The highest BCUT2D eigenvalue weighted by Crippen LogP contribution is 2.27. The van der Waals surface area contributed by atoms with Crippen LogP contribution in [0.1, 0.15) is 40.0 Å². The van der Waals surface area contributed by atoms with Gasteiger partial charge in [-0.1, -0.05) is 20.3 Å². The third-order valence-electron chi connectivity index (χ3n) is 3.58. The Bertz CT molecular complexity index is 301. The number of urea groups is 1. The van der Waals surface area contributed by atoms with E-state index in [0.717, 1.165) is 6.54 Å². The van der Waals surface area contributed by atoms with Crippen molar-refractivity contribution in [1.82, 2.24) is 10.2 Å². The highest BCUT2D eigenvalue weighted by atomic mass is 16.4. The Labute approximate surface area is 109 Å². The van der Waals surface area contributed by atoms with Gasteiger partial charge in [-0.05, 0) is 31.6 Å². The third-order valence-corrected chi connectivity index (χ3v) is 3.58. The molecule has 18 heavy (non-hydrogen) atoms. The number of hydrogen-bond acceptors (Lipinski definition) is 2. The van der Waals surface area contributed by atoms with Crippen molar-refractivity contribution in [2.75, 3.05) is 13.1 Å². The molecule has 0 aromatic heterocycles. The Morgan fingerprint density at radius 1 is 1.39 bits per heavy atom. The molecule has 2 amide bonds. The molecule has 0 heterocycles. The van der Waals surface area contributed by atoms with Gasteiger partial charge in [-0.3, -0.25) is 0 Å². The number of nitrogens with zero attached hydrogens (tertiary/aromatic N) is 1. The van der Waals surface area contributed by atoms with Crippen LogP contribution in [0.2, 0.25) is 0 Å². The lowest BCUT2D eigenvalue weighted by Crippen LogP contribution is -2.51. The molecule has 0 unspecified atom stereocenters. The smallest absolute Gasteiger partial charge is 0.326 e. The predicted molar refractivity (Wildman–Crippen MR) is 69.4 cm³/mol. The van der Waals surface area contributed by atoms with Gasteiger partial charge in [-0.15, -0.1) is 0 Å². The molecule has 0 spiro atoms. The van der Waals surface area contributed by atoms with Crippen molar-refractivity contribution in [3.05, 3.63) is 0 Å². The number of rotatable bonds is 6. The maximum atomic E-state index is 12.0. The fraction of sp³-hybridized carbons (Fsp3) is 0.846. The molecule has 0 bridgehead atoms. The van der Waals surface area contributed by atoms with Crippen molar-refractivity contribution in [3.63, 3.8) is 0 Å². The second-order valence-electron chi connectivity index (χ2n) is 5.34. The van der Waals surface area contributed by atoms with Gasteiger partial charge in [0.1, 0.15) is 6.04 Å². The van der Waals surface area contributed by atoms with Gasteiger partial charge in [0.2, 0.25) is 0 Å². The van der Waals surface area contributed by atoms with Gasteiger partial charge < -0.3 is 15.3 Å². The standard InChI is InChI=1S/C13H24N2O3/c1-4-15(8-10-6-5-7-10)13(18)14-11(9(2)3)12(16)17/h9-11H,4-8H2,1-3H3,(H,14,18)(H,16,17)/t11-/m0/s1. The van der Waals surface area contributed by atoms with E-state index in [0.29, 0.717) is 12.5 Å². The van der Waals surface area contributed by atoms with Crippen LogP contribution in [0.3, 0.4) is 0 Å². The lowest BCUT2D eigenvalue weighted by molar-refractivity contribution is -0.140. The van der Waals surface area contributed by atoms with Crippen LogP contribution in [-0.2, 0) is 4.79 Å². The summed E-state index contributed by atoms with van der Waals surface area (Å²) in [5.41, 5.74) is 0. The monoisotopic (exact) mass is 256 g/mol. The lowest BCUT2D eigenvalue weighted by atomic mass is 9.85. The van der Waals surface area contributed by atoms with E-state index in [1.807, 2.05) is 6.92 Å². The number of aliphatic carboxylic acids is 1. The minimum absolute atomic E-state index is 0.117. The molecule has 1 fully saturated rings. The minimum atomic E-state index is -0.974. The Morgan fingerprint density at radius 3 is 2.33 bits per heavy atom. The molecule has 1 rings (SSSR count). The van der Waals surface area contributed by atoms with E-state index in [1.165, 1.54) is 19.3 Å². The number of carbonyl (C=O) groups is 2. The zero-order chi connectivity index (χ0) is 13.7. The molecule has 0 aliphatic heterocycles. The lowest BCUT2D eigenvalue weighted by Gasteiger charge is -2.32. The van der Waals surface area contributed by atoms with Crippen LogP contribution in [0, 0.1) is 11.8 Å². The fourth-order valence-corrected chi connectivity index (χ4v) is 2.08. The first kappa shape index (κ1) is 14.8. The van der Waals surface area contributed by atoms with Crippen molar-refractivity contribution < 1.29 is 14.7 Å². The first-order chi connectivity index (χ1) is 8.45. The van der Waals surface area contributed by atoms with Gasteiger partial charge in [-0.25, -0.2) is 9.59 Å². The first-order valence-corrected chi connectivity index (χ1v) is 6.74. The normalized spacial score (nSPS) is 17.1. The minimum Gasteiger partial charge on any atom is -0.480 e. The molecule has 1 aliphatic carbocycles. The topological polar surface area (TPSA) is 69.6 Å². The summed E-state index contributed by atoms with van der Waals surface area (Å²) in [7, 11) is 0. The van der Waals surface area contributed by atoms with Gasteiger partial charge in [0.15, 0.2) is 0 Å². The van der Waals surface area contributed by atoms with Crippen molar-refractivity contribution in [2.24, 2.45) is 11.8 Å². The van der Waals surface area contributed by atoms with E-state index >= 15 is 0 Å². The number of carboxylic acid groups (broad SMARTS) is 1. The molecule has 1 aliphatic rings. The quantitative estimate of drug-likeness (QED) is 0.763. The SMILES string of the molecule is CCN(CC1CCC1)C(=O)N[C@H](C(=O)O)C(C)C. The largest absolute Gasteiger partial charge is 0.480 e. The van der Waals surface area contributed by atoms with Crippen molar-refractivity contribution in [2.45, 2.75) is 46.1 Å². The Kier molecular flexibility index (Phi) is 5.44. The number of hydrogen-bond donors (Lipinski definition) is 2. The Hall–Kier alpha value is -1.26. The van der Waals surface area contributed by atoms with Crippen molar-refractivity contribution in [1.29, 1.82) is 0 Å². The molecule has 0 saturated heterocycles. The number of carbonyl (C=O) groups excluding carboxylic acids is 1. The van der Waals surface area contributed by atoms with Gasteiger partial charge in [0, 0.05) is 13.1 Å². The van der Waals surface area contributed by atoms with Crippen LogP contribution in [0.5, 0.6) is 0 Å². The number of carboxylic acids is 1. The van der Waals surface area contributed by atoms with Crippen LogP contribution < -0.4 is 5.32 Å². The first-order valence-electron chi connectivity index (χ1n) is 6.74. The molecule has 0 radical (unpaired) electrons. The maximum Gasteiger partial charge on any atom is 0.326 e. The predicted octanol–water partition coefficient (Wildman–Crippen LogP) is 1.93. The summed E-state index contributed by atoms with van der Waals surface area (Å²) in [6, 6.07) is -1.07. The number of nitrogens with one attached hydrogen (secondary N) is 1. The zero-order valence-electron chi connectivity index (χ0n) is 11.5. The summed E-state index contributed by atoms with van der Waals surface area (Å²) in [5, 5.41) is 11.7. The highest BCUT2D eigenvalue weighted by Gasteiger charge is 2.27. The fourth-order valence-electron chi connectivity index (χ4n) is 2.08. The van der Waals surface area contributed by atoms with E-state index in [9.17, 15) is 9.59 Å². The van der Waals surface area contributed by atoms with Gasteiger partial charge in [0.05, 0.1) is 0 Å². The summed E-state index contributed by atoms with van der Waals surface area (Å²) in [6.07, 6.45) is 3.60. The molecule has 2 N–H and O–H groups in total. The van der Waals surface area contributed by atoms with Gasteiger partial charge in [0.25, 0.3) is 0 Å². The molecule has 1 saturated carbocycles. The van der Waals surface area contributed by atoms with Crippen molar-refractivity contribution in [3.8, 4) is 0 Å². The Morgan fingerprint density at radius 2 is 2.00 bits per heavy atom. The summed E-state index contributed by atoms with van der Waals surface area (Å²) >= 11 is 0. The van der Waals surface area contributed by atoms with Crippen LogP contribution >= 0.6 is 0 Å². The van der Waals surface area contributed by atoms with E-state index < -0.39 is 12.0 Å². The van der Waals surface area contributed by atoms with E-state index in [-0.39, 0.29) is 11.9 Å². The van der Waals surface area contributed by atoms with E-state index in [1.54, 1.807) is 18.7 Å². The average molecular weight is 256 g/mol. The zero-order valence-corrected chi connectivity index (χ0v) is 11.5. The van der Waals surface area contributed by atoms with E-state index in [4.69, 9.17) is 5.11 Å². The summed E-state index contributed by atoms with van der Waals surface area (Å²) in [5.74, 6) is -0.495. The molecule has 1 atom stereocenters. The summed E-state index contributed by atoms with van der Waals surface area (Å²) in [6.45, 7) is 6.87. The molecular formula is C13H24N2O3. The van der Waals surface area contributed by atoms with Crippen molar-refractivity contribution >= 4 is 12.0 Å².